The summed E-state index contributed by atoms with van der Waals surface area (Å²) in [6.07, 6.45) is 4.45. The number of para-hydroxylation sites is 1. The second-order valence-corrected chi connectivity index (χ2v) is 4.62. The summed E-state index contributed by atoms with van der Waals surface area (Å²) in [6, 6.07) is 7.86. The van der Waals surface area contributed by atoms with Crippen LogP contribution in [-0.2, 0) is 6.42 Å². The Morgan fingerprint density at radius 3 is 2.85 bits per heavy atom. The zero-order valence-corrected chi connectivity index (χ0v) is 13.0. The lowest BCUT2D eigenvalue weighted by molar-refractivity contribution is 0.106. The molecule has 0 saturated carbocycles. The van der Waals surface area contributed by atoms with Crippen molar-refractivity contribution in [2.75, 3.05) is 19.7 Å². The van der Waals surface area contributed by atoms with E-state index in [2.05, 4.69) is 18.8 Å². The number of aliphatic hydroxyl groups excluding tert-OH is 1. The number of halogens is 1. The number of hydrogen-bond donors (Lipinski definition) is 2. The highest BCUT2D eigenvalue weighted by molar-refractivity contribution is 5.85. The molecule has 1 rings (SSSR count). The Morgan fingerprint density at radius 1 is 1.40 bits per heavy atom. The fourth-order valence-electron chi connectivity index (χ4n) is 1.78. The first-order chi connectivity index (χ1) is 9.27. The molecular formula is C16H26ClNO2. The summed E-state index contributed by atoms with van der Waals surface area (Å²) in [5.74, 6) is 0.829. The molecule has 0 fully saturated rings. The highest BCUT2D eigenvalue weighted by Crippen LogP contribution is 2.18. The van der Waals surface area contributed by atoms with E-state index in [0.29, 0.717) is 13.2 Å². The first kappa shape index (κ1) is 19.0. The summed E-state index contributed by atoms with van der Waals surface area (Å²) in [7, 11) is 0. The molecule has 1 unspecified atom stereocenters. The zero-order chi connectivity index (χ0) is 13.9. The summed E-state index contributed by atoms with van der Waals surface area (Å²) in [5, 5.41) is 13.0. The van der Waals surface area contributed by atoms with E-state index in [1.165, 1.54) is 0 Å². The summed E-state index contributed by atoms with van der Waals surface area (Å²) in [4.78, 5) is 0. The number of benzene rings is 1. The first-order valence-corrected chi connectivity index (χ1v) is 6.98. The van der Waals surface area contributed by atoms with E-state index in [9.17, 15) is 5.11 Å². The van der Waals surface area contributed by atoms with Crippen molar-refractivity contribution < 1.29 is 9.84 Å². The van der Waals surface area contributed by atoms with E-state index < -0.39 is 6.10 Å². The van der Waals surface area contributed by atoms with Crippen LogP contribution < -0.4 is 10.1 Å². The van der Waals surface area contributed by atoms with Gasteiger partial charge >= 0.3 is 0 Å². The molecule has 1 aromatic carbocycles. The predicted molar refractivity (Wildman–Crippen MR) is 86.9 cm³/mol. The average Bonchev–Trinajstić information content (AvgIpc) is 2.43. The number of hydrogen-bond acceptors (Lipinski definition) is 3. The number of aliphatic hydroxyl groups is 1. The smallest absolute Gasteiger partial charge is 0.122 e. The van der Waals surface area contributed by atoms with E-state index in [1.54, 1.807) is 0 Å². The molecule has 0 aliphatic heterocycles. The number of ether oxygens (including phenoxy) is 1. The van der Waals surface area contributed by atoms with Gasteiger partial charge in [0.25, 0.3) is 0 Å². The Morgan fingerprint density at radius 2 is 2.15 bits per heavy atom. The number of nitrogens with one attached hydrogen (secondary N) is 1. The average molecular weight is 300 g/mol. The van der Waals surface area contributed by atoms with Gasteiger partial charge in [0.2, 0.25) is 0 Å². The molecule has 0 amide bonds. The van der Waals surface area contributed by atoms with E-state index in [0.717, 1.165) is 37.1 Å². The Bertz CT molecular complexity index is 371. The molecule has 0 spiro atoms. The monoisotopic (exact) mass is 299 g/mol. The van der Waals surface area contributed by atoms with Crippen molar-refractivity contribution in [3.8, 4) is 5.75 Å². The van der Waals surface area contributed by atoms with Crippen molar-refractivity contribution in [2.45, 2.75) is 32.3 Å². The van der Waals surface area contributed by atoms with E-state index in [-0.39, 0.29) is 12.4 Å². The lowest BCUT2D eigenvalue weighted by Crippen LogP contribution is -2.32. The lowest BCUT2D eigenvalue weighted by atomic mass is 10.1. The highest BCUT2D eigenvalue weighted by Gasteiger charge is 2.06. The van der Waals surface area contributed by atoms with Gasteiger partial charge in [-0.05, 0) is 31.0 Å². The van der Waals surface area contributed by atoms with Crippen LogP contribution in [0.2, 0.25) is 0 Å². The minimum atomic E-state index is -0.478. The Kier molecular flexibility index (Phi) is 11.2. The van der Waals surface area contributed by atoms with Crippen molar-refractivity contribution >= 4 is 12.4 Å². The van der Waals surface area contributed by atoms with Crippen LogP contribution in [0.3, 0.4) is 0 Å². The van der Waals surface area contributed by atoms with Crippen LogP contribution in [-0.4, -0.2) is 30.9 Å². The molecule has 0 radical (unpaired) electrons. The van der Waals surface area contributed by atoms with Crippen LogP contribution in [0.5, 0.6) is 5.75 Å². The quantitative estimate of drug-likeness (QED) is 0.515. The minimum Gasteiger partial charge on any atom is -0.491 e. The van der Waals surface area contributed by atoms with Crippen LogP contribution in [0.15, 0.2) is 36.9 Å². The van der Waals surface area contributed by atoms with Gasteiger partial charge in [0.1, 0.15) is 18.5 Å². The van der Waals surface area contributed by atoms with Gasteiger partial charge in [-0.25, -0.2) is 0 Å². The molecule has 114 valence electrons. The Hall–Kier alpha value is -1.03. The third kappa shape index (κ3) is 7.53. The maximum Gasteiger partial charge on any atom is 0.122 e. The molecule has 1 atom stereocenters. The number of unbranched alkanes of at least 4 members (excludes halogenated alkanes) is 1. The van der Waals surface area contributed by atoms with Crippen molar-refractivity contribution in [1.29, 1.82) is 0 Å². The van der Waals surface area contributed by atoms with Gasteiger partial charge in [0.05, 0.1) is 0 Å². The van der Waals surface area contributed by atoms with Crippen LogP contribution in [0.1, 0.15) is 25.3 Å². The molecule has 3 nitrogen and oxygen atoms in total. The first-order valence-electron chi connectivity index (χ1n) is 6.98. The maximum atomic E-state index is 9.82. The van der Waals surface area contributed by atoms with Gasteiger partial charge in [0, 0.05) is 6.54 Å². The Labute approximate surface area is 128 Å². The fourth-order valence-corrected chi connectivity index (χ4v) is 1.78. The van der Waals surface area contributed by atoms with Gasteiger partial charge < -0.3 is 15.2 Å². The van der Waals surface area contributed by atoms with Crippen LogP contribution in [0.4, 0.5) is 0 Å². The fraction of sp³-hybridized carbons (Fsp3) is 0.500. The number of rotatable bonds is 10. The largest absolute Gasteiger partial charge is 0.491 e. The van der Waals surface area contributed by atoms with Crippen LogP contribution in [0, 0.1) is 0 Å². The van der Waals surface area contributed by atoms with E-state index >= 15 is 0 Å². The molecule has 1 aromatic rings. The van der Waals surface area contributed by atoms with Crippen molar-refractivity contribution in [1.82, 2.24) is 5.32 Å². The van der Waals surface area contributed by atoms with Gasteiger partial charge in [-0.1, -0.05) is 37.6 Å². The van der Waals surface area contributed by atoms with Crippen molar-refractivity contribution in [3.05, 3.63) is 42.5 Å². The lowest BCUT2D eigenvalue weighted by Gasteiger charge is -2.15. The van der Waals surface area contributed by atoms with Crippen LogP contribution in [0.25, 0.3) is 0 Å². The third-order valence-electron chi connectivity index (χ3n) is 2.86. The van der Waals surface area contributed by atoms with E-state index in [1.807, 2.05) is 30.3 Å². The molecule has 0 heterocycles. The molecule has 4 heteroatoms. The Balaban J connectivity index is 0.00000361. The normalized spacial score (nSPS) is 11.5. The maximum absolute atomic E-state index is 9.82. The van der Waals surface area contributed by atoms with E-state index in [4.69, 9.17) is 4.74 Å². The third-order valence-corrected chi connectivity index (χ3v) is 2.86. The van der Waals surface area contributed by atoms with Gasteiger partial charge in [-0.3, -0.25) is 0 Å². The summed E-state index contributed by atoms with van der Waals surface area (Å²) in [5.41, 5.74) is 1.10. The molecule has 0 aliphatic rings. The van der Waals surface area contributed by atoms with Crippen molar-refractivity contribution in [2.24, 2.45) is 0 Å². The molecule has 2 N–H and O–H groups in total. The summed E-state index contributed by atoms with van der Waals surface area (Å²) in [6.45, 7) is 7.72. The molecule has 0 aromatic heterocycles. The van der Waals surface area contributed by atoms with Gasteiger partial charge in [0.15, 0.2) is 0 Å². The second kappa shape index (κ2) is 11.8. The topological polar surface area (TPSA) is 41.5 Å². The van der Waals surface area contributed by atoms with Gasteiger partial charge in [-0.2, -0.15) is 0 Å². The zero-order valence-electron chi connectivity index (χ0n) is 12.2. The standard InChI is InChI=1S/C16H25NO2.ClH/c1-3-5-11-17-12-15(18)13-19-16-10-7-6-9-14(16)8-4-2;/h4,6-7,9-10,15,17-18H,2-3,5,8,11-13H2,1H3;1H. The predicted octanol–water partition coefficient (Wildman–Crippen LogP) is 2.97. The second-order valence-electron chi connectivity index (χ2n) is 4.62. The van der Waals surface area contributed by atoms with Crippen molar-refractivity contribution in [3.63, 3.8) is 0 Å². The highest BCUT2D eigenvalue weighted by atomic mass is 35.5. The molecular weight excluding hydrogens is 274 g/mol. The van der Waals surface area contributed by atoms with Gasteiger partial charge in [-0.15, -0.1) is 19.0 Å². The molecule has 20 heavy (non-hydrogen) atoms. The minimum absolute atomic E-state index is 0. The number of allylic oxidation sites excluding steroid dienone is 1. The molecule has 0 bridgehead atoms. The summed E-state index contributed by atoms with van der Waals surface area (Å²) < 4.78 is 5.67. The SMILES string of the molecule is C=CCc1ccccc1OCC(O)CNCCCC.Cl. The molecule has 0 saturated heterocycles. The van der Waals surface area contributed by atoms with Crippen LogP contribution >= 0.6 is 12.4 Å². The summed E-state index contributed by atoms with van der Waals surface area (Å²) >= 11 is 0. The molecule has 0 aliphatic carbocycles.